The van der Waals surface area contributed by atoms with Crippen LogP contribution < -0.4 is 10.6 Å². The van der Waals surface area contributed by atoms with Crippen LogP contribution in [0.1, 0.15) is 50.5 Å². The fourth-order valence-corrected chi connectivity index (χ4v) is 2.32. The second-order valence-corrected chi connectivity index (χ2v) is 6.07. The molecule has 0 aliphatic heterocycles. The summed E-state index contributed by atoms with van der Waals surface area (Å²) in [7, 11) is 0. The Labute approximate surface area is 150 Å². The number of ether oxygens (including phenoxy) is 1. The lowest BCUT2D eigenvalue weighted by molar-refractivity contribution is -0.121. The minimum absolute atomic E-state index is 0.00799. The zero-order valence-corrected chi connectivity index (χ0v) is 15.2. The van der Waals surface area contributed by atoms with Crippen LogP contribution in [-0.4, -0.2) is 25.2 Å². The van der Waals surface area contributed by atoms with Gasteiger partial charge in [-0.05, 0) is 38.3 Å². The Balaban J connectivity index is 1.99. The Hall–Kier alpha value is -2.30. The van der Waals surface area contributed by atoms with Crippen LogP contribution in [0, 0.1) is 6.92 Å². The standard InChI is InChI=1S/C20H30N2O3/c1-3-4-5-6-7-8-9-10-19(23)21-15-16-25-20(24)22-18-13-11-17(2)12-14-18/h3,11-14H,1,4-10,15-16H2,2H3,(H,21,23)(H,22,24). The molecule has 0 spiro atoms. The molecule has 0 aliphatic carbocycles. The average Bonchev–Trinajstić information content (AvgIpc) is 2.60. The van der Waals surface area contributed by atoms with Crippen LogP contribution in [0.2, 0.25) is 0 Å². The van der Waals surface area contributed by atoms with Crippen molar-refractivity contribution in [2.24, 2.45) is 0 Å². The zero-order chi connectivity index (χ0) is 18.3. The summed E-state index contributed by atoms with van der Waals surface area (Å²) in [5, 5.41) is 5.40. The van der Waals surface area contributed by atoms with E-state index in [0.717, 1.165) is 31.2 Å². The van der Waals surface area contributed by atoms with Crippen LogP contribution >= 0.6 is 0 Å². The largest absolute Gasteiger partial charge is 0.447 e. The van der Waals surface area contributed by atoms with Crippen molar-refractivity contribution >= 4 is 17.7 Å². The number of hydrogen-bond donors (Lipinski definition) is 2. The van der Waals surface area contributed by atoms with Crippen LogP contribution in [0.3, 0.4) is 0 Å². The molecule has 25 heavy (non-hydrogen) atoms. The van der Waals surface area contributed by atoms with E-state index < -0.39 is 6.09 Å². The second-order valence-electron chi connectivity index (χ2n) is 6.07. The Morgan fingerprint density at radius 3 is 2.48 bits per heavy atom. The van der Waals surface area contributed by atoms with Gasteiger partial charge in [-0.25, -0.2) is 4.79 Å². The molecule has 0 aromatic heterocycles. The lowest BCUT2D eigenvalue weighted by atomic mass is 10.1. The molecule has 0 saturated heterocycles. The first-order valence-electron chi connectivity index (χ1n) is 9.00. The maximum Gasteiger partial charge on any atom is 0.411 e. The van der Waals surface area contributed by atoms with Crippen LogP contribution in [0.4, 0.5) is 10.5 Å². The molecule has 5 heteroatoms. The molecule has 0 atom stereocenters. The Kier molecular flexibility index (Phi) is 10.8. The maximum absolute atomic E-state index is 11.7. The smallest absolute Gasteiger partial charge is 0.411 e. The Morgan fingerprint density at radius 1 is 1.08 bits per heavy atom. The number of aryl methyl sites for hydroxylation is 1. The van der Waals surface area contributed by atoms with Crippen LogP contribution in [0.15, 0.2) is 36.9 Å². The summed E-state index contributed by atoms with van der Waals surface area (Å²) in [6.07, 6.45) is 8.51. The van der Waals surface area contributed by atoms with E-state index in [4.69, 9.17) is 4.74 Å². The highest BCUT2D eigenvalue weighted by atomic mass is 16.5. The third kappa shape index (κ3) is 11.0. The van der Waals surface area contributed by atoms with Gasteiger partial charge in [-0.1, -0.05) is 43.0 Å². The second kappa shape index (κ2) is 13.0. The number of benzene rings is 1. The van der Waals surface area contributed by atoms with Crippen molar-refractivity contribution < 1.29 is 14.3 Å². The quantitative estimate of drug-likeness (QED) is 0.430. The van der Waals surface area contributed by atoms with Crippen molar-refractivity contribution in [1.82, 2.24) is 5.32 Å². The number of rotatable bonds is 12. The Bertz CT molecular complexity index is 526. The van der Waals surface area contributed by atoms with E-state index in [-0.39, 0.29) is 12.5 Å². The minimum Gasteiger partial charge on any atom is -0.447 e. The molecule has 1 aromatic rings. The topological polar surface area (TPSA) is 67.4 Å². The lowest BCUT2D eigenvalue weighted by Crippen LogP contribution is -2.28. The van der Waals surface area contributed by atoms with Crippen molar-refractivity contribution in [3.8, 4) is 0 Å². The Morgan fingerprint density at radius 2 is 1.76 bits per heavy atom. The predicted octanol–water partition coefficient (Wildman–Crippen LogP) is 4.58. The molecule has 0 fully saturated rings. The van der Waals surface area contributed by atoms with Gasteiger partial charge in [-0.2, -0.15) is 0 Å². The first kappa shape index (κ1) is 20.7. The van der Waals surface area contributed by atoms with E-state index in [1.165, 1.54) is 12.8 Å². The van der Waals surface area contributed by atoms with E-state index in [1.807, 2.05) is 37.3 Å². The van der Waals surface area contributed by atoms with Gasteiger partial charge in [0.15, 0.2) is 0 Å². The van der Waals surface area contributed by atoms with Crippen molar-refractivity contribution in [2.75, 3.05) is 18.5 Å². The van der Waals surface area contributed by atoms with E-state index in [0.29, 0.717) is 18.7 Å². The van der Waals surface area contributed by atoms with E-state index >= 15 is 0 Å². The van der Waals surface area contributed by atoms with Crippen LogP contribution in [0.5, 0.6) is 0 Å². The fourth-order valence-electron chi connectivity index (χ4n) is 2.32. The molecule has 0 aliphatic rings. The molecular formula is C20H30N2O3. The molecule has 0 bridgehead atoms. The summed E-state index contributed by atoms with van der Waals surface area (Å²) in [4.78, 5) is 23.3. The molecule has 1 aromatic carbocycles. The van der Waals surface area contributed by atoms with Crippen molar-refractivity contribution in [3.05, 3.63) is 42.5 Å². The maximum atomic E-state index is 11.7. The molecular weight excluding hydrogens is 316 g/mol. The van der Waals surface area contributed by atoms with Gasteiger partial charge in [0.1, 0.15) is 6.61 Å². The third-order valence-electron chi connectivity index (χ3n) is 3.77. The monoisotopic (exact) mass is 346 g/mol. The first-order chi connectivity index (χ1) is 12.1. The fraction of sp³-hybridized carbons (Fsp3) is 0.500. The number of nitrogens with one attached hydrogen (secondary N) is 2. The van der Waals surface area contributed by atoms with E-state index in [1.54, 1.807) is 0 Å². The highest BCUT2D eigenvalue weighted by Crippen LogP contribution is 2.09. The van der Waals surface area contributed by atoms with Gasteiger partial charge in [0.25, 0.3) is 0 Å². The lowest BCUT2D eigenvalue weighted by Gasteiger charge is -2.08. The highest BCUT2D eigenvalue weighted by Gasteiger charge is 2.04. The van der Waals surface area contributed by atoms with Gasteiger partial charge in [0, 0.05) is 12.1 Å². The number of carbonyl (C=O) groups excluding carboxylic acids is 2. The van der Waals surface area contributed by atoms with Gasteiger partial charge < -0.3 is 10.1 Å². The molecule has 138 valence electrons. The summed E-state index contributed by atoms with van der Waals surface area (Å²) in [6.45, 7) is 6.17. The number of allylic oxidation sites excluding steroid dienone is 1. The normalized spacial score (nSPS) is 10.1. The van der Waals surface area contributed by atoms with E-state index in [2.05, 4.69) is 17.2 Å². The third-order valence-corrected chi connectivity index (χ3v) is 3.77. The average molecular weight is 346 g/mol. The van der Waals surface area contributed by atoms with Gasteiger partial charge in [-0.15, -0.1) is 6.58 Å². The minimum atomic E-state index is -0.516. The van der Waals surface area contributed by atoms with Gasteiger partial charge in [0.2, 0.25) is 5.91 Å². The number of unbranched alkanes of at least 4 members (excludes halogenated alkanes) is 5. The number of hydrogen-bond acceptors (Lipinski definition) is 3. The molecule has 0 unspecified atom stereocenters. The van der Waals surface area contributed by atoms with Crippen LogP contribution in [0.25, 0.3) is 0 Å². The van der Waals surface area contributed by atoms with Crippen molar-refractivity contribution in [2.45, 2.75) is 51.9 Å². The molecule has 1 rings (SSSR count). The number of carbonyl (C=O) groups is 2. The summed E-state index contributed by atoms with van der Waals surface area (Å²) in [5.74, 6) is 0.00799. The molecule has 0 radical (unpaired) electrons. The molecule has 2 amide bonds. The first-order valence-corrected chi connectivity index (χ1v) is 9.00. The summed E-state index contributed by atoms with van der Waals surface area (Å²) in [6, 6.07) is 7.45. The number of amides is 2. The van der Waals surface area contributed by atoms with Crippen LogP contribution in [-0.2, 0) is 9.53 Å². The summed E-state index contributed by atoms with van der Waals surface area (Å²) >= 11 is 0. The summed E-state index contributed by atoms with van der Waals surface area (Å²) in [5.41, 5.74) is 1.81. The van der Waals surface area contributed by atoms with Crippen molar-refractivity contribution in [3.63, 3.8) is 0 Å². The van der Waals surface area contributed by atoms with E-state index in [9.17, 15) is 9.59 Å². The van der Waals surface area contributed by atoms with Crippen molar-refractivity contribution in [1.29, 1.82) is 0 Å². The number of anilines is 1. The van der Waals surface area contributed by atoms with Gasteiger partial charge >= 0.3 is 6.09 Å². The SMILES string of the molecule is C=CCCCCCCCC(=O)NCCOC(=O)Nc1ccc(C)cc1. The highest BCUT2D eigenvalue weighted by molar-refractivity contribution is 5.84. The van der Waals surface area contributed by atoms with Gasteiger partial charge in [-0.3, -0.25) is 10.1 Å². The predicted molar refractivity (Wildman–Crippen MR) is 102 cm³/mol. The molecule has 0 saturated carbocycles. The molecule has 2 N–H and O–H groups in total. The molecule has 5 nitrogen and oxygen atoms in total. The van der Waals surface area contributed by atoms with Gasteiger partial charge in [0.05, 0.1) is 6.54 Å². The molecule has 0 heterocycles. The zero-order valence-electron chi connectivity index (χ0n) is 15.2. The summed E-state index contributed by atoms with van der Waals surface area (Å²) < 4.78 is 5.03.